The lowest BCUT2D eigenvalue weighted by Crippen LogP contribution is -2.22. The summed E-state index contributed by atoms with van der Waals surface area (Å²) in [5.74, 6) is -0.114. The van der Waals surface area contributed by atoms with E-state index in [1.807, 2.05) is 20.8 Å². The maximum absolute atomic E-state index is 14.8. The molecule has 4 aromatic rings. The highest BCUT2D eigenvalue weighted by Crippen LogP contribution is 2.29. The van der Waals surface area contributed by atoms with Crippen molar-refractivity contribution in [1.29, 1.82) is 0 Å². The number of nitrogens with two attached hydrogens (primary N) is 1. The van der Waals surface area contributed by atoms with Gasteiger partial charge in [0.2, 0.25) is 5.95 Å². The second-order valence-electron chi connectivity index (χ2n) is 9.44. The van der Waals surface area contributed by atoms with Crippen LogP contribution in [-0.2, 0) is 19.5 Å². The lowest BCUT2D eigenvalue weighted by atomic mass is 9.92. The van der Waals surface area contributed by atoms with Crippen LogP contribution < -0.4 is 21.9 Å². The average Bonchev–Trinajstić information content (AvgIpc) is 3.14. The van der Waals surface area contributed by atoms with E-state index in [4.69, 9.17) is 5.73 Å². The average molecular weight is 479 g/mol. The Morgan fingerprint density at radius 1 is 1.09 bits per heavy atom. The summed E-state index contributed by atoms with van der Waals surface area (Å²) in [7, 11) is 3.29. The van der Waals surface area contributed by atoms with Gasteiger partial charge >= 0.3 is 6.03 Å². The summed E-state index contributed by atoms with van der Waals surface area (Å²) in [4.78, 5) is 33.9. The van der Waals surface area contributed by atoms with E-state index < -0.39 is 11.8 Å². The van der Waals surface area contributed by atoms with Crippen molar-refractivity contribution in [3.8, 4) is 11.1 Å². The Balaban J connectivity index is 1.69. The minimum Gasteiger partial charge on any atom is -0.368 e. The van der Waals surface area contributed by atoms with Crippen molar-refractivity contribution < 1.29 is 9.18 Å². The zero-order chi connectivity index (χ0) is 25.7. The van der Waals surface area contributed by atoms with Crippen LogP contribution in [0, 0.1) is 12.7 Å². The predicted molar refractivity (Wildman–Crippen MR) is 134 cm³/mol. The molecule has 11 heteroatoms. The molecule has 0 radical (unpaired) electrons. The third kappa shape index (κ3) is 4.57. The number of carbonyl (C=O) groups is 1. The van der Waals surface area contributed by atoms with Crippen LogP contribution in [-0.4, -0.2) is 30.3 Å². The number of fused-ring (bicyclic) bond motifs is 1. The van der Waals surface area contributed by atoms with Gasteiger partial charge in [0.25, 0.3) is 5.56 Å². The Hall–Kier alpha value is -4.28. The van der Waals surface area contributed by atoms with Gasteiger partial charge in [-0.1, -0.05) is 20.8 Å². The number of benzene rings is 1. The molecule has 3 heterocycles. The van der Waals surface area contributed by atoms with E-state index in [1.165, 1.54) is 22.9 Å². The van der Waals surface area contributed by atoms with E-state index in [1.54, 1.807) is 37.8 Å². The van der Waals surface area contributed by atoms with Gasteiger partial charge in [0.15, 0.2) is 0 Å². The highest BCUT2D eigenvalue weighted by atomic mass is 19.1. The number of amides is 2. The normalized spacial score (nSPS) is 11.6. The number of aryl methyl sites for hydroxylation is 3. The fourth-order valence-corrected chi connectivity index (χ4v) is 3.73. The van der Waals surface area contributed by atoms with Crippen LogP contribution in [0.3, 0.4) is 0 Å². The van der Waals surface area contributed by atoms with Crippen molar-refractivity contribution >= 4 is 34.5 Å². The van der Waals surface area contributed by atoms with Crippen molar-refractivity contribution in [3.63, 3.8) is 0 Å². The van der Waals surface area contributed by atoms with Gasteiger partial charge in [0.1, 0.15) is 17.3 Å². The van der Waals surface area contributed by atoms with Gasteiger partial charge in [-0.25, -0.2) is 14.2 Å². The Morgan fingerprint density at radius 3 is 2.46 bits per heavy atom. The fourth-order valence-electron chi connectivity index (χ4n) is 3.73. The summed E-state index contributed by atoms with van der Waals surface area (Å²) < 4.78 is 17.7. The molecular formula is C24H27FN8O2. The molecule has 0 atom stereocenters. The topological polar surface area (TPSA) is 133 Å². The molecule has 0 spiro atoms. The lowest BCUT2D eigenvalue weighted by molar-refractivity contribution is 0.262. The molecule has 10 nitrogen and oxygen atoms in total. The van der Waals surface area contributed by atoms with Gasteiger partial charge in [-0.05, 0) is 36.2 Å². The molecule has 0 aliphatic rings. The summed E-state index contributed by atoms with van der Waals surface area (Å²) in [6.45, 7) is 7.73. The van der Waals surface area contributed by atoms with E-state index in [0.29, 0.717) is 33.5 Å². The highest BCUT2D eigenvalue weighted by Gasteiger charge is 2.21. The molecular weight excluding hydrogens is 451 g/mol. The summed E-state index contributed by atoms with van der Waals surface area (Å²) in [5, 5.41) is 10.2. The smallest absolute Gasteiger partial charge is 0.324 e. The summed E-state index contributed by atoms with van der Waals surface area (Å²) in [5.41, 5.74) is 7.54. The van der Waals surface area contributed by atoms with Gasteiger partial charge in [0, 0.05) is 42.7 Å². The minimum absolute atomic E-state index is 0.0544. The highest BCUT2D eigenvalue weighted by molar-refractivity contribution is 6.00. The van der Waals surface area contributed by atoms with Crippen LogP contribution in [0.4, 0.5) is 26.6 Å². The van der Waals surface area contributed by atoms with E-state index in [-0.39, 0.29) is 22.6 Å². The first-order valence-corrected chi connectivity index (χ1v) is 10.9. The van der Waals surface area contributed by atoms with E-state index in [9.17, 15) is 14.0 Å². The number of aromatic nitrogens is 5. The molecule has 0 bridgehead atoms. The lowest BCUT2D eigenvalue weighted by Gasteiger charge is -2.14. The van der Waals surface area contributed by atoms with Crippen LogP contribution in [0.25, 0.3) is 22.2 Å². The number of anilines is 3. The number of pyridine rings is 1. The largest absolute Gasteiger partial charge is 0.368 e. The molecule has 4 N–H and O–H groups in total. The molecule has 2 amide bonds. The maximum atomic E-state index is 14.8. The molecule has 1 aromatic carbocycles. The number of nitrogens with one attached hydrogen (secondary N) is 2. The summed E-state index contributed by atoms with van der Waals surface area (Å²) in [6, 6.07) is 5.47. The number of carbonyl (C=O) groups excluding carboxylic acids is 1. The van der Waals surface area contributed by atoms with Crippen LogP contribution in [0.1, 0.15) is 32.0 Å². The number of urea groups is 1. The Bertz CT molecular complexity index is 1530. The summed E-state index contributed by atoms with van der Waals surface area (Å²) in [6.07, 6.45) is 1.52. The van der Waals surface area contributed by atoms with Gasteiger partial charge in [-0.15, -0.1) is 0 Å². The number of hydrogen-bond acceptors (Lipinski definition) is 6. The molecule has 35 heavy (non-hydrogen) atoms. The minimum atomic E-state index is -0.641. The predicted octanol–water partition coefficient (Wildman–Crippen LogP) is 3.70. The van der Waals surface area contributed by atoms with Gasteiger partial charge in [-0.2, -0.15) is 10.1 Å². The third-order valence-corrected chi connectivity index (χ3v) is 5.71. The van der Waals surface area contributed by atoms with Crippen LogP contribution in [0.15, 0.2) is 35.3 Å². The molecule has 4 rings (SSSR count). The van der Waals surface area contributed by atoms with E-state index >= 15 is 0 Å². The number of rotatable bonds is 3. The molecule has 0 aliphatic heterocycles. The van der Waals surface area contributed by atoms with E-state index in [0.717, 1.165) is 5.69 Å². The first-order chi connectivity index (χ1) is 16.3. The quantitative estimate of drug-likeness (QED) is 0.411. The number of halogens is 1. The summed E-state index contributed by atoms with van der Waals surface area (Å²) >= 11 is 0. The molecule has 0 saturated carbocycles. The molecule has 3 aromatic heterocycles. The van der Waals surface area contributed by atoms with Crippen LogP contribution >= 0.6 is 0 Å². The number of nitrogens with zero attached hydrogens (tertiary/aromatic N) is 5. The second-order valence-corrected chi connectivity index (χ2v) is 9.44. The van der Waals surface area contributed by atoms with Gasteiger partial charge in [0.05, 0.1) is 11.4 Å². The van der Waals surface area contributed by atoms with Crippen molar-refractivity contribution in [2.75, 3.05) is 16.4 Å². The first kappa shape index (κ1) is 23.9. The van der Waals surface area contributed by atoms with Crippen LogP contribution in [0.5, 0.6) is 0 Å². The van der Waals surface area contributed by atoms with Gasteiger partial charge < -0.3 is 11.1 Å². The Labute approximate surface area is 201 Å². The van der Waals surface area contributed by atoms with Crippen molar-refractivity contribution in [1.82, 2.24) is 24.3 Å². The number of hydrogen-bond donors (Lipinski definition) is 3. The zero-order valence-corrected chi connectivity index (χ0v) is 20.4. The maximum Gasteiger partial charge on any atom is 0.324 e. The van der Waals surface area contributed by atoms with Crippen molar-refractivity contribution in [2.24, 2.45) is 14.1 Å². The molecule has 0 fully saturated rings. The Morgan fingerprint density at radius 2 is 1.80 bits per heavy atom. The first-order valence-electron chi connectivity index (χ1n) is 10.9. The SMILES string of the molecule is Cc1cc(F)c(NC(=O)Nc2cc(C(C)(C)C)nn2C)cc1-c1cc2cnc(N)nc2n(C)c1=O. The number of nitrogen functional groups attached to an aromatic ring is 1. The van der Waals surface area contributed by atoms with Crippen LogP contribution in [0.2, 0.25) is 0 Å². The third-order valence-electron chi connectivity index (χ3n) is 5.71. The Kier molecular flexibility index (Phi) is 5.79. The van der Waals surface area contributed by atoms with Crippen molar-refractivity contribution in [3.05, 3.63) is 57.9 Å². The van der Waals surface area contributed by atoms with E-state index in [2.05, 4.69) is 25.7 Å². The van der Waals surface area contributed by atoms with Gasteiger partial charge in [-0.3, -0.25) is 19.4 Å². The monoisotopic (exact) mass is 478 g/mol. The fraction of sp³-hybridized carbons (Fsp3) is 0.292. The molecule has 182 valence electrons. The standard InChI is InChI=1S/C24H27FN8O2/c1-12-7-16(25)17(28-23(35)29-19-10-18(24(2,3)4)31-33(19)6)9-14(12)15-8-13-11-27-22(26)30-20(13)32(5)21(15)34/h7-11H,1-6H3,(H2,26,27,30)(H2,28,29,35). The molecule has 0 saturated heterocycles. The zero-order valence-electron chi connectivity index (χ0n) is 20.4. The van der Waals surface area contributed by atoms with Crippen molar-refractivity contribution in [2.45, 2.75) is 33.1 Å². The second kappa shape index (κ2) is 8.49. The molecule has 0 aliphatic carbocycles. The molecule has 0 unspecified atom stereocenters.